The van der Waals surface area contributed by atoms with Crippen LogP contribution in [0.2, 0.25) is 0 Å². The number of imide groups is 1. The van der Waals surface area contributed by atoms with Crippen LogP contribution in [0, 0.1) is 11.3 Å². The lowest BCUT2D eigenvalue weighted by Crippen LogP contribution is -2.44. The van der Waals surface area contributed by atoms with E-state index in [1.165, 1.54) is 12.1 Å². The number of alkyl halides is 2. The third-order valence-electron chi connectivity index (χ3n) is 4.87. The van der Waals surface area contributed by atoms with E-state index in [-0.39, 0.29) is 18.2 Å². The van der Waals surface area contributed by atoms with Gasteiger partial charge in [0.15, 0.2) is 0 Å². The van der Waals surface area contributed by atoms with E-state index in [2.05, 4.69) is 16.1 Å². The quantitative estimate of drug-likeness (QED) is 0.721. The number of rotatable bonds is 7. The maximum atomic E-state index is 12.9. The summed E-state index contributed by atoms with van der Waals surface area (Å²) in [5, 5.41) is 11.9. The van der Waals surface area contributed by atoms with Crippen molar-refractivity contribution in [1.29, 1.82) is 5.26 Å². The molecule has 3 amide bonds. The lowest BCUT2D eigenvalue weighted by Gasteiger charge is -2.22. The molecule has 0 aliphatic carbocycles. The third kappa shape index (κ3) is 4.51. The summed E-state index contributed by atoms with van der Waals surface area (Å²) in [4.78, 5) is 26.4. The van der Waals surface area contributed by atoms with Gasteiger partial charge in [-0.1, -0.05) is 30.3 Å². The van der Waals surface area contributed by atoms with Crippen molar-refractivity contribution in [3.05, 3.63) is 65.2 Å². The summed E-state index contributed by atoms with van der Waals surface area (Å²) in [6.45, 7) is -1.22. The summed E-state index contributed by atoms with van der Waals surface area (Å²) in [7, 11) is 0. The molecule has 150 valence electrons. The number of urea groups is 1. The standard InChI is InChI=1S/C21H19F2N3O3/c1-21(11-10-14-6-8-17(9-7-14)29-19(22)23)18(27)26(20(28)25-21)13-16-5-3-2-4-15(16)12-24/h2-9,19H,10-11,13H2,1H3,(H,25,28)/t21-/m0/s1. The molecule has 0 saturated carbocycles. The highest BCUT2D eigenvalue weighted by Gasteiger charge is 2.47. The van der Waals surface area contributed by atoms with Crippen LogP contribution in [0.25, 0.3) is 0 Å². The zero-order chi connectivity index (χ0) is 21.0. The van der Waals surface area contributed by atoms with Gasteiger partial charge in [0.1, 0.15) is 11.3 Å². The molecule has 3 rings (SSSR count). The van der Waals surface area contributed by atoms with Crippen LogP contribution >= 0.6 is 0 Å². The number of nitriles is 1. The maximum Gasteiger partial charge on any atom is 0.387 e. The van der Waals surface area contributed by atoms with Crippen LogP contribution in [-0.2, 0) is 17.8 Å². The SMILES string of the molecule is C[C@@]1(CCc2ccc(OC(F)F)cc2)NC(=O)N(Cc2ccccc2C#N)C1=O. The van der Waals surface area contributed by atoms with Crippen LogP contribution in [0.5, 0.6) is 5.75 Å². The Bertz CT molecular complexity index is 956. The number of nitrogens with one attached hydrogen (secondary N) is 1. The zero-order valence-electron chi connectivity index (χ0n) is 15.7. The normalized spacial score (nSPS) is 18.7. The minimum Gasteiger partial charge on any atom is -0.435 e. The van der Waals surface area contributed by atoms with Gasteiger partial charge in [0, 0.05) is 0 Å². The van der Waals surface area contributed by atoms with E-state index in [4.69, 9.17) is 0 Å². The Kier molecular flexibility index (Phi) is 5.78. The first-order valence-electron chi connectivity index (χ1n) is 8.98. The molecule has 1 saturated heterocycles. The highest BCUT2D eigenvalue weighted by molar-refractivity contribution is 6.06. The number of nitrogens with zero attached hydrogens (tertiary/aromatic N) is 2. The van der Waals surface area contributed by atoms with Gasteiger partial charge in [-0.3, -0.25) is 9.69 Å². The molecule has 1 aliphatic heterocycles. The molecule has 0 spiro atoms. The van der Waals surface area contributed by atoms with Crippen molar-refractivity contribution in [2.24, 2.45) is 0 Å². The van der Waals surface area contributed by atoms with Gasteiger partial charge in [-0.2, -0.15) is 14.0 Å². The Morgan fingerprint density at radius 1 is 1.17 bits per heavy atom. The minimum atomic E-state index is -2.89. The first-order valence-corrected chi connectivity index (χ1v) is 8.98. The second-order valence-electron chi connectivity index (χ2n) is 6.94. The Morgan fingerprint density at radius 3 is 2.52 bits per heavy atom. The zero-order valence-corrected chi connectivity index (χ0v) is 15.7. The molecule has 0 aromatic heterocycles. The first-order chi connectivity index (χ1) is 13.8. The van der Waals surface area contributed by atoms with Crippen molar-refractivity contribution in [2.75, 3.05) is 0 Å². The van der Waals surface area contributed by atoms with Gasteiger partial charge in [0.05, 0.1) is 18.2 Å². The fraction of sp³-hybridized carbons (Fsp3) is 0.286. The van der Waals surface area contributed by atoms with Gasteiger partial charge in [-0.15, -0.1) is 0 Å². The van der Waals surface area contributed by atoms with Crippen LogP contribution in [0.1, 0.15) is 30.0 Å². The number of hydrogen-bond donors (Lipinski definition) is 1. The van der Waals surface area contributed by atoms with E-state index >= 15 is 0 Å². The average Bonchev–Trinajstić information content (AvgIpc) is 2.91. The van der Waals surface area contributed by atoms with Crippen molar-refractivity contribution in [1.82, 2.24) is 10.2 Å². The highest BCUT2D eigenvalue weighted by Crippen LogP contribution is 2.26. The molecule has 8 heteroatoms. The number of halogens is 2. The summed E-state index contributed by atoms with van der Waals surface area (Å²) in [5.41, 5.74) is 0.741. The molecule has 1 N–H and O–H groups in total. The molecule has 1 atom stereocenters. The predicted octanol–water partition coefficient (Wildman–Crippen LogP) is 3.60. The molecular weight excluding hydrogens is 380 g/mol. The van der Waals surface area contributed by atoms with E-state index in [0.29, 0.717) is 24.0 Å². The van der Waals surface area contributed by atoms with Crippen LogP contribution in [0.3, 0.4) is 0 Å². The maximum absolute atomic E-state index is 12.9. The largest absolute Gasteiger partial charge is 0.435 e. The highest BCUT2D eigenvalue weighted by atomic mass is 19.3. The molecule has 29 heavy (non-hydrogen) atoms. The lowest BCUT2D eigenvalue weighted by molar-refractivity contribution is -0.131. The summed E-state index contributed by atoms with van der Waals surface area (Å²) in [6, 6.07) is 14.5. The number of aryl methyl sites for hydroxylation is 1. The van der Waals surface area contributed by atoms with Gasteiger partial charge in [0.2, 0.25) is 0 Å². The van der Waals surface area contributed by atoms with Gasteiger partial charge < -0.3 is 10.1 Å². The van der Waals surface area contributed by atoms with E-state index in [1.54, 1.807) is 43.3 Å². The molecule has 6 nitrogen and oxygen atoms in total. The minimum absolute atomic E-state index is 0.0175. The number of carbonyl (C=O) groups is 2. The van der Waals surface area contributed by atoms with Crippen molar-refractivity contribution in [3.8, 4) is 11.8 Å². The first kappa shape index (κ1) is 20.3. The molecule has 1 heterocycles. The number of benzene rings is 2. The monoisotopic (exact) mass is 399 g/mol. The molecule has 2 aromatic rings. The number of amides is 3. The predicted molar refractivity (Wildman–Crippen MR) is 100 cm³/mol. The Balaban J connectivity index is 1.67. The van der Waals surface area contributed by atoms with E-state index < -0.39 is 18.2 Å². The summed E-state index contributed by atoms with van der Waals surface area (Å²) >= 11 is 0. The average molecular weight is 399 g/mol. The molecule has 0 radical (unpaired) electrons. The molecule has 2 aromatic carbocycles. The second-order valence-corrected chi connectivity index (χ2v) is 6.94. The lowest BCUT2D eigenvalue weighted by atomic mass is 9.93. The van der Waals surface area contributed by atoms with Gasteiger partial charge in [-0.25, -0.2) is 4.79 Å². The van der Waals surface area contributed by atoms with Crippen molar-refractivity contribution in [3.63, 3.8) is 0 Å². The van der Waals surface area contributed by atoms with Crippen LogP contribution in [0.4, 0.5) is 13.6 Å². The van der Waals surface area contributed by atoms with Crippen molar-refractivity contribution >= 4 is 11.9 Å². The second kappa shape index (κ2) is 8.27. The number of hydrogen-bond acceptors (Lipinski definition) is 4. The van der Waals surface area contributed by atoms with E-state index in [1.807, 2.05) is 0 Å². The summed E-state index contributed by atoms with van der Waals surface area (Å²) in [5.74, 6) is -0.310. The molecular formula is C21H19F2N3O3. The molecule has 1 aliphatic rings. The van der Waals surface area contributed by atoms with Crippen LogP contribution < -0.4 is 10.1 Å². The smallest absolute Gasteiger partial charge is 0.387 e. The summed E-state index contributed by atoms with van der Waals surface area (Å²) in [6.07, 6.45) is 0.795. The van der Waals surface area contributed by atoms with Crippen molar-refractivity contribution < 1.29 is 23.1 Å². The molecule has 1 fully saturated rings. The van der Waals surface area contributed by atoms with Gasteiger partial charge >= 0.3 is 12.6 Å². The Labute approximate surface area is 166 Å². The topological polar surface area (TPSA) is 82.4 Å². The van der Waals surface area contributed by atoms with E-state index in [9.17, 15) is 23.6 Å². The fourth-order valence-electron chi connectivity index (χ4n) is 3.23. The van der Waals surface area contributed by atoms with Crippen molar-refractivity contribution in [2.45, 2.75) is 38.5 Å². The molecule has 0 bridgehead atoms. The van der Waals surface area contributed by atoms with Crippen LogP contribution in [-0.4, -0.2) is 29.0 Å². The van der Waals surface area contributed by atoms with Gasteiger partial charge in [0.25, 0.3) is 5.91 Å². The molecule has 0 unspecified atom stereocenters. The number of carbonyl (C=O) groups excluding carboxylic acids is 2. The van der Waals surface area contributed by atoms with Gasteiger partial charge in [-0.05, 0) is 49.1 Å². The van der Waals surface area contributed by atoms with Crippen LogP contribution in [0.15, 0.2) is 48.5 Å². The Morgan fingerprint density at radius 2 is 1.86 bits per heavy atom. The summed E-state index contributed by atoms with van der Waals surface area (Å²) < 4.78 is 28.8. The Hall–Kier alpha value is -3.47. The number of ether oxygens (including phenoxy) is 1. The van der Waals surface area contributed by atoms with E-state index in [0.717, 1.165) is 10.5 Å². The third-order valence-corrected chi connectivity index (χ3v) is 4.87. The fourth-order valence-corrected chi connectivity index (χ4v) is 3.23.